The molecule has 2 rings (SSSR count). The summed E-state index contributed by atoms with van der Waals surface area (Å²) in [5.74, 6) is -0.256. The third-order valence-corrected chi connectivity index (χ3v) is 5.23. The average molecular weight is 308 g/mol. The summed E-state index contributed by atoms with van der Waals surface area (Å²) in [5.41, 5.74) is 2.78. The number of ketones is 1. The maximum Gasteiger partial charge on any atom is 0.319 e. The summed E-state index contributed by atoms with van der Waals surface area (Å²) in [6.45, 7) is 7.75. The monoisotopic (exact) mass is 308 g/mol. The highest BCUT2D eigenvalue weighted by Gasteiger charge is 2.35. The minimum Gasteiger partial charge on any atom is -0.507 e. The first-order valence-corrected chi connectivity index (χ1v) is 7.95. The quantitative estimate of drug-likeness (QED) is 0.868. The lowest BCUT2D eigenvalue weighted by Gasteiger charge is -2.26. The van der Waals surface area contributed by atoms with Crippen LogP contribution in [0.3, 0.4) is 0 Å². The normalized spacial score (nSPS) is 17.5. The molecule has 1 heterocycles. The number of rotatable bonds is 3. The van der Waals surface area contributed by atoms with E-state index >= 15 is 0 Å². The molecule has 0 saturated carbocycles. The third kappa shape index (κ3) is 2.79. The van der Waals surface area contributed by atoms with Gasteiger partial charge in [-0.1, -0.05) is 6.92 Å². The molecule has 0 aromatic heterocycles. The van der Waals surface area contributed by atoms with Gasteiger partial charge >= 0.3 is 5.97 Å². The van der Waals surface area contributed by atoms with Crippen molar-refractivity contribution in [1.82, 2.24) is 0 Å². The van der Waals surface area contributed by atoms with Crippen molar-refractivity contribution in [2.75, 3.05) is 6.61 Å². The number of fused-ring (bicyclic) bond motifs is 1. The van der Waals surface area contributed by atoms with Gasteiger partial charge in [0.1, 0.15) is 11.0 Å². The van der Waals surface area contributed by atoms with Gasteiger partial charge in [-0.3, -0.25) is 9.59 Å². The first kappa shape index (κ1) is 15.9. The maximum absolute atomic E-state index is 12.4. The zero-order valence-electron chi connectivity index (χ0n) is 12.8. The van der Waals surface area contributed by atoms with Gasteiger partial charge in [-0.2, -0.15) is 0 Å². The Hall–Kier alpha value is -1.49. The number of esters is 1. The van der Waals surface area contributed by atoms with E-state index in [-0.39, 0.29) is 23.9 Å². The number of ether oxygens (including phenoxy) is 1. The molecule has 1 N–H and O–H groups in total. The molecule has 1 aliphatic rings. The van der Waals surface area contributed by atoms with Crippen molar-refractivity contribution in [1.29, 1.82) is 0 Å². The molecule has 0 spiro atoms. The molecule has 4 nitrogen and oxygen atoms in total. The van der Waals surface area contributed by atoms with Crippen LogP contribution in [0.25, 0.3) is 0 Å². The third-order valence-electron chi connectivity index (χ3n) is 3.84. The van der Waals surface area contributed by atoms with E-state index in [9.17, 15) is 14.7 Å². The van der Waals surface area contributed by atoms with Crippen LogP contribution < -0.4 is 0 Å². The smallest absolute Gasteiger partial charge is 0.319 e. The van der Waals surface area contributed by atoms with Crippen molar-refractivity contribution < 1.29 is 19.4 Å². The Kier molecular flexibility index (Phi) is 4.61. The number of hydrogen-bond donors (Lipinski definition) is 1. The molecule has 1 aliphatic heterocycles. The van der Waals surface area contributed by atoms with Crippen molar-refractivity contribution in [2.45, 2.75) is 50.7 Å². The van der Waals surface area contributed by atoms with E-state index in [0.717, 1.165) is 22.4 Å². The number of benzene rings is 1. The van der Waals surface area contributed by atoms with Gasteiger partial charge in [0.25, 0.3) is 0 Å². The second kappa shape index (κ2) is 6.10. The number of hydrogen-bond acceptors (Lipinski definition) is 5. The number of aromatic hydroxyl groups is 1. The predicted molar refractivity (Wildman–Crippen MR) is 82.2 cm³/mol. The Morgan fingerprint density at radius 1 is 1.29 bits per heavy atom. The van der Waals surface area contributed by atoms with Gasteiger partial charge < -0.3 is 9.84 Å². The minimum absolute atomic E-state index is 0.0990. The van der Waals surface area contributed by atoms with Gasteiger partial charge in [-0.15, -0.1) is 11.8 Å². The molecule has 21 heavy (non-hydrogen) atoms. The van der Waals surface area contributed by atoms with E-state index in [0.29, 0.717) is 17.7 Å². The van der Waals surface area contributed by atoms with E-state index in [2.05, 4.69) is 0 Å². The summed E-state index contributed by atoms with van der Waals surface area (Å²) >= 11 is 1.38. The molecule has 1 aromatic rings. The lowest BCUT2D eigenvalue weighted by molar-refractivity contribution is -0.143. The fourth-order valence-corrected chi connectivity index (χ4v) is 3.87. The van der Waals surface area contributed by atoms with Crippen molar-refractivity contribution in [2.24, 2.45) is 0 Å². The molecule has 114 valence electrons. The van der Waals surface area contributed by atoms with E-state index in [1.807, 2.05) is 20.8 Å². The SMILES string of the molecule is CCCOC(=O)C1CC(=O)c2c(C)c(O)c(C)c(C)c2S1. The highest BCUT2D eigenvalue weighted by molar-refractivity contribution is 8.00. The standard InChI is InChI=1S/C16H20O4S/c1-5-6-20-16(19)12-7-11(17)13-10(4)14(18)8(2)9(3)15(13)21-12/h12,18H,5-7H2,1-4H3. The molecule has 5 heteroatoms. The summed E-state index contributed by atoms with van der Waals surface area (Å²) in [4.78, 5) is 25.2. The Morgan fingerprint density at radius 3 is 2.57 bits per heavy atom. The molecular weight excluding hydrogens is 288 g/mol. The summed E-state index contributed by atoms with van der Waals surface area (Å²) in [5, 5.41) is 9.61. The number of carbonyl (C=O) groups excluding carboxylic acids is 2. The van der Waals surface area contributed by atoms with Gasteiger partial charge in [0.2, 0.25) is 0 Å². The Balaban J connectivity index is 2.40. The van der Waals surface area contributed by atoms with E-state index in [1.165, 1.54) is 11.8 Å². The first-order chi connectivity index (χ1) is 9.88. The van der Waals surface area contributed by atoms with Gasteiger partial charge in [0.15, 0.2) is 5.78 Å². The minimum atomic E-state index is -0.487. The molecule has 1 unspecified atom stereocenters. The molecule has 0 fully saturated rings. The lowest BCUT2D eigenvalue weighted by atomic mass is 9.94. The number of Topliss-reactive ketones (excluding diaryl/α,β-unsaturated/α-hetero) is 1. The summed E-state index contributed by atoms with van der Waals surface area (Å²) < 4.78 is 5.16. The first-order valence-electron chi connectivity index (χ1n) is 7.07. The van der Waals surface area contributed by atoms with Gasteiger partial charge in [0.05, 0.1) is 6.61 Å². The topological polar surface area (TPSA) is 63.6 Å². The van der Waals surface area contributed by atoms with Crippen LogP contribution in [0.1, 0.15) is 46.8 Å². The summed E-state index contributed by atoms with van der Waals surface area (Å²) in [7, 11) is 0. The van der Waals surface area contributed by atoms with E-state index in [1.54, 1.807) is 6.92 Å². The Bertz CT molecular complexity index is 607. The fraction of sp³-hybridized carbons (Fsp3) is 0.500. The largest absolute Gasteiger partial charge is 0.507 e. The number of thioether (sulfide) groups is 1. The van der Waals surface area contributed by atoms with Crippen molar-refractivity contribution >= 4 is 23.5 Å². The van der Waals surface area contributed by atoms with E-state index < -0.39 is 5.25 Å². The van der Waals surface area contributed by atoms with Crippen molar-refractivity contribution in [3.8, 4) is 5.75 Å². The molecule has 0 radical (unpaired) electrons. The van der Waals surface area contributed by atoms with Crippen LogP contribution in [0.5, 0.6) is 5.75 Å². The summed E-state index contributed by atoms with van der Waals surface area (Å²) in [6, 6.07) is 0. The number of phenolic OH excluding ortho intramolecular Hbond substituents is 1. The Labute approximate surface area is 128 Å². The van der Waals surface area contributed by atoms with Crippen LogP contribution in [0.4, 0.5) is 0 Å². The predicted octanol–water partition coefficient (Wildman–Crippen LogP) is 3.32. The fourth-order valence-electron chi connectivity index (χ4n) is 2.47. The second-order valence-electron chi connectivity index (χ2n) is 5.33. The molecule has 1 aromatic carbocycles. The lowest BCUT2D eigenvalue weighted by Crippen LogP contribution is -2.28. The van der Waals surface area contributed by atoms with Crippen LogP contribution in [-0.4, -0.2) is 28.7 Å². The Morgan fingerprint density at radius 2 is 1.95 bits per heavy atom. The van der Waals surface area contributed by atoms with Gasteiger partial charge in [0, 0.05) is 22.4 Å². The number of carbonyl (C=O) groups is 2. The molecular formula is C16H20O4S. The zero-order chi connectivity index (χ0) is 15.7. The highest BCUT2D eigenvalue weighted by Crippen LogP contribution is 2.44. The second-order valence-corrected chi connectivity index (χ2v) is 6.54. The molecule has 1 atom stereocenters. The molecule has 0 saturated heterocycles. The van der Waals surface area contributed by atoms with Crippen molar-refractivity contribution in [3.63, 3.8) is 0 Å². The zero-order valence-corrected chi connectivity index (χ0v) is 13.6. The van der Waals surface area contributed by atoms with Crippen LogP contribution in [0.15, 0.2) is 4.90 Å². The van der Waals surface area contributed by atoms with E-state index in [4.69, 9.17) is 4.74 Å². The molecule has 0 amide bonds. The van der Waals surface area contributed by atoms with Crippen LogP contribution in [0.2, 0.25) is 0 Å². The molecule has 0 bridgehead atoms. The maximum atomic E-state index is 12.4. The van der Waals surface area contributed by atoms with Crippen LogP contribution in [0, 0.1) is 20.8 Å². The summed E-state index contributed by atoms with van der Waals surface area (Å²) in [6.07, 6.45) is 0.891. The average Bonchev–Trinajstić information content (AvgIpc) is 2.47. The van der Waals surface area contributed by atoms with Crippen LogP contribution in [-0.2, 0) is 9.53 Å². The molecule has 0 aliphatic carbocycles. The van der Waals surface area contributed by atoms with Crippen LogP contribution >= 0.6 is 11.8 Å². The van der Waals surface area contributed by atoms with Gasteiger partial charge in [-0.05, 0) is 38.3 Å². The number of phenols is 1. The van der Waals surface area contributed by atoms with Crippen molar-refractivity contribution in [3.05, 3.63) is 22.3 Å². The van der Waals surface area contributed by atoms with Gasteiger partial charge in [-0.25, -0.2) is 0 Å². The highest BCUT2D eigenvalue weighted by atomic mass is 32.2.